The molecule has 1 saturated heterocycles. The Bertz CT molecular complexity index is 454. The zero-order valence-electron chi connectivity index (χ0n) is 10.5. The van der Waals surface area contributed by atoms with Gasteiger partial charge in [-0.2, -0.15) is 4.98 Å². The molecule has 104 valence electrons. The van der Waals surface area contributed by atoms with Gasteiger partial charge in [-0.3, -0.25) is 0 Å². The number of nitrogens with one attached hydrogen (secondary N) is 2. The highest BCUT2D eigenvalue weighted by Crippen LogP contribution is 2.15. The van der Waals surface area contributed by atoms with Crippen LogP contribution in [0.4, 0.5) is 5.95 Å². The number of aromatic nitrogens is 2. The van der Waals surface area contributed by atoms with E-state index in [-0.39, 0.29) is 11.3 Å². The molecule has 0 amide bonds. The average Bonchev–Trinajstić information content (AvgIpc) is 2.88. The maximum atomic E-state index is 5.84. The first kappa shape index (κ1) is 14.2. The third-order valence-corrected chi connectivity index (χ3v) is 3.06. The summed E-state index contributed by atoms with van der Waals surface area (Å²) in [5.41, 5.74) is 0. The summed E-state index contributed by atoms with van der Waals surface area (Å²) in [4.78, 5) is 8.09. The van der Waals surface area contributed by atoms with Crippen molar-refractivity contribution in [2.45, 2.75) is 18.9 Å². The van der Waals surface area contributed by atoms with Gasteiger partial charge in [-0.25, -0.2) is 4.98 Å². The van der Waals surface area contributed by atoms with Crippen LogP contribution >= 0.6 is 23.8 Å². The summed E-state index contributed by atoms with van der Waals surface area (Å²) < 4.78 is 10.5. The van der Waals surface area contributed by atoms with Gasteiger partial charge in [-0.15, -0.1) is 0 Å². The topological polar surface area (TPSA) is 68.3 Å². The van der Waals surface area contributed by atoms with Crippen LogP contribution in [-0.2, 0) is 4.74 Å². The van der Waals surface area contributed by atoms with Crippen LogP contribution in [0.3, 0.4) is 0 Å². The van der Waals surface area contributed by atoms with Crippen LogP contribution in [0, 0.1) is 0 Å². The van der Waals surface area contributed by atoms with Crippen LogP contribution in [0.5, 0.6) is 5.88 Å². The standard InChI is InChI=1S/C11H15ClN4O2S/c1-17-9-5-8(12)14-10(15-9)16-11(19)13-6-7-3-2-4-18-7/h5,7H,2-4,6H2,1H3,(H2,13,14,15,16,19). The maximum Gasteiger partial charge on any atom is 0.233 e. The van der Waals surface area contributed by atoms with Gasteiger partial charge < -0.3 is 20.1 Å². The summed E-state index contributed by atoms with van der Waals surface area (Å²) in [6.45, 7) is 1.49. The van der Waals surface area contributed by atoms with Gasteiger partial charge >= 0.3 is 0 Å². The van der Waals surface area contributed by atoms with E-state index in [9.17, 15) is 0 Å². The molecular formula is C11H15ClN4O2S. The molecule has 0 saturated carbocycles. The first-order chi connectivity index (χ1) is 9.17. The van der Waals surface area contributed by atoms with Crippen LogP contribution in [0.25, 0.3) is 0 Å². The average molecular weight is 303 g/mol. The van der Waals surface area contributed by atoms with Crippen LogP contribution in [-0.4, -0.2) is 41.4 Å². The quantitative estimate of drug-likeness (QED) is 0.647. The van der Waals surface area contributed by atoms with Crippen molar-refractivity contribution < 1.29 is 9.47 Å². The predicted octanol–water partition coefficient (Wildman–Crippen LogP) is 1.60. The Morgan fingerprint density at radius 2 is 2.47 bits per heavy atom. The number of thiocarbonyl (C=S) groups is 1. The van der Waals surface area contributed by atoms with Crippen molar-refractivity contribution in [3.63, 3.8) is 0 Å². The van der Waals surface area contributed by atoms with E-state index in [2.05, 4.69) is 20.6 Å². The second-order valence-corrected chi connectivity index (χ2v) is 4.82. The monoisotopic (exact) mass is 302 g/mol. The van der Waals surface area contributed by atoms with E-state index in [1.54, 1.807) is 0 Å². The smallest absolute Gasteiger partial charge is 0.233 e. The summed E-state index contributed by atoms with van der Waals surface area (Å²) >= 11 is 11.0. The predicted molar refractivity (Wildman–Crippen MR) is 76.8 cm³/mol. The summed E-state index contributed by atoms with van der Waals surface area (Å²) in [6.07, 6.45) is 2.37. The van der Waals surface area contributed by atoms with E-state index in [0.717, 1.165) is 19.4 Å². The molecule has 0 spiro atoms. The van der Waals surface area contributed by atoms with Gasteiger partial charge in [0.25, 0.3) is 0 Å². The van der Waals surface area contributed by atoms with E-state index in [0.29, 0.717) is 23.5 Å². The SMILES string of the molecule is COc1cc(Cl)nc(NC(=S)NCC2CCCO2)n1. The van der Waals surface area contributed by atoms with Crippen molar-refractivity contribution in [3.8, 4) is 5.88 Å². The van der Waals surface area contributed by atoms with Crippen LogP contribution in [0.2, 0.25) is 5.15 Å². The molecular weight excluding hydrogens is 288 g/mol. The summed E-state index contributed by atoms with van der Waals surface area (Å²) in [7, 11) is 1.51. The Morgan fingerprint density at radius 3 is 3.16 bits per heavy atom. The molecule has 0 bridgehead atoms. The molecule has 6 nitrogen and oxygen atoms in total. The molecule has 1 fully saturated rings. The zero-order valence-corrected chi connectivity index (χ0v) is 12.1. The Balaban J connectivity index is 1.85. The first-order valence-electron chi connectivity index (χ1n) is 5.92. The lowest BCUT2D eigenvalue weighted by molar-refractivity contribution is 0.114. The summed E-state index contributed by atoms with van der Waals surface area (Å²) in [5.74, 6) is 0.679. The second kappa shape index (κ2) is 6.83. The minimum absolute atomic E-state index is 0.217. The van der Waals surface area contributed by atoms with Gasteiger partial charge in [-0.1, -0.05) is 11.6 Å². The van der Waals surface area contributed by atoms with E-state index >= 15 is 0 Å². The third kappa shape index (κ3) is 4.45. The molecule has 2 heterocycles. The number of ether oxygens (including phenoxy) is 2. The van der Waals surface area contributed by atoms with Gasteiger partial charge in [0.2, 0.25) is 11.8 Å². The molecule has 1 aliphatic rings. The lowest BCUT2D eigenvalue weighted by Gasteiger charge is -2.13. The zero-order chi connectivity index (χ0) is 13.7. The highest BCUT2D eigenvalue weighted by atomic mass is 35.5. The molecule has 0 aliphatic carbocycles. The summed E-state index contributed by atoms with van der Waals surface area (Å²) in [6, 6.07) is 1.52. The van der Waals surface area contributed by atoms with Crippen molar-refractivity contribution >= 4 is 34.9 Å². The molecule has 1 unspecified atom stereocenters. The molecule has 2 N–H and O–H groups in total. The lowest BCUT2D eigenvalue weighted by Crippen LogP contribution is -2.35. The van der Waals surface area contributed by atoms with Crippen molar-refractivity contribution in [3.05, 3.63) is 11.2 Å². The van der Waals surface area contributed by atoms with E-state index in [4.69, 9.17) is 33.3 Å². The number of hydrogen-bond acceptors (Lipinski definition) is 5. The molecule has 1 aliphatic heterocycles. The minimum atomic E-state index is 0.217. The fourth-order valence-corrected chi connectivity index (χ4v) is 2.06. The molecule has 0 radical (unpaired) electrons. The van der Waals surface area contributed by atoms with E-state index in [1.165, 1.54) is 13.2 Å². The van der Waals surface area contributed by atoms with Crippen molar-refractivity contribution in [2.75, 3.05) is 25.6 Å². The van der Waals surface area contributed by atoms with Crippen LogP contribution < -0.4 is 15.4 Å². The largest absolute Gasteiger partial charge is 0.481 e. The van der Waals surface area contributed by atoms with E-state index in [1.807, 2.05) is 0 Å². The van der Waals surface area contributed by atoms with Crippen molar-refractivity contribution in [1.82, 2.24) is 15.3 Å². The van der Waals surface area contributed by atoms with Gasteiger partial charge in [0.1, 0.15) is 5.15 Å². The number of rotatable bonds is 4. The lowest BCUT2D eigenvalue weighted by atomic mass is 10.2. The molecule has 2 rings (SSSR count). The number of anilines is 1. The number of halogens is 1. The number of methoxy groups -OCH3 is 1. The Hall–Kier alpha value is -1.18. The molecule has 8 heteroatoms. The molecule has 1 aromatic heterocycles. The van der Waals surface area contributed by atoms with Crippen molar-refractivity contribution in [2.24, 2.45) is 0 Å². The minimum Gasteiger partial charge on any atom is -0.481 e. The van der Waals surface area contributed by atoms with Crippen molar-refractivity contribution in [1.29, 1.82) is 0 Å². The first-order valence-corrected chi connectivity index (χ1v) is 6.71. The Kier molecular flexibility index (Phi) is 5.12. The highest BCUT2D eigenvalue weighted by molar-refractivity contribution is 7.80. The molecule has 0 aromatic carbocycles. The van der Waals surface area contributed by atoms with Crippen LogP contribution in [0.1, 0.15) is 12.8 Å². The van der Waals surface area contributed by atoms with Crippen LogP contribution in [0.15, 0.2) is 6.07 Å². The van der Waals surface area contributed by atoms with Gasteiger partial charge in [-0.05, 0) is 25.1 Å². The highest BCUT2D eigenvalue weighted by Gasteiger charge is 2.15. The fourth-order valence-electron chi connectivity index (χ4n) is 1.72. The Morgan fingerprint density at radius 1 is 1.63 bits per heavy atom. The normalized spacial score (nSPS) is 18.1. The Labute approximate surface area is 121 Å². The number of hydrogen-bond donors (Lipinski definition) is 2. The third-order valence-electron chi connectivity index (χ3n) is 2.62. The van der Waals surface area contributed by atoms with Gasteiger partial charge in [0.05, 0.1) is 13.2 Å². The summed E-state index contributed by atoms with van der Waals surface area (Å²) in [5, 5.41) is 6.64. The van der Waals surface area contributed by atoms with Gasteiger partial charge in [0.15, 0.2) is 5.11 Å². The number of nitrogens with zero attached hydrogens (tertiary/aromatic N) is 2. The molecule has 1 atom stereocenters. The fraction of sp³-hybridized carbons (Fsp3) is 0.545. The van der Waals surface area contributed by atoms with E-state index < -0.39 is 0 Å². The van der Waals surface area contributed by atoms with Gasteiger partial charge in [0, 0.05) is 19.2 Å². The second-order valence-electron chi connectivity index (χ2n) is 4.03. The molecule has 19 heavy (non-hydrogen) atoms. The maximum absolute atomic E-state index is 5.84. The molecule has 1 aromatic rings.